The Morgan fingerprint density at radius 3 is 2.55 bits per heavy atom. The molecule has 5 nitrogen and oxygen atoms in total. The maximum atomic E-state index is 12.5. The highest BCUT2D eigenvalue weighted by Crippen LogP contribution is 2.30. The Morgan fingerprint density at radius 1 is 1.18 bits per heavy atom. The standard InChI is InChI=1S/C17H23N3O2/c1-17(9-2-3-10-18-17)16(22)20-14-6-4-5-13(11-14)19-15(21)12-7-8-12/h4-6,11-12,18H,2-3,7-10H2,1H3,(H,19,21)(H,20,22). The van der Waals surface area contributed by atoms with E-state index in [1.807, 2.05) is 31.2 Å². The molecule has 1 aromatic rings. The lowest BCUT2D eigenvalue weighted by atomic mass is 9.90. The van der Waals surface area contributed by atoms with Gasteiger partial charge in [0.05, 0.1) is 5.54 Å². The summed E-state index contributed by atoms with van der Waals surface area (Å²) in [6.45, 7) is 2.82. The van der Waals surface area contributed by atoms with Crippen LogP contribution in [0.2, 0.25) is 0 Å². The molecular weight excluding hydrogens is 278 g/mol. The summed E-state index contributed by atoms with van der Waals surface area (Å²) in [5.74, 6) is 0.228. The smallest absolute Gasteiger partial charge is 0.244 e. The molecule has 0 spiro atoms. The van der Waals surface area contributed by atoms with Gasteiger partial charge in [-0.05, 0) is 63.8 Å². The van der Waals surface area contributed by atoms with Crippen molar-refractivity contribution in [2.24, 2.45) is 5.92 Å². The molecule has 0 radical (unpaired) electrons. The SMILES string of the molecule is CC1(C(=O)Nc2cccc(NC(=O)C3CC3)c2)CCCCN1. The summed E-state index contributed by atoms with van der Waals surface area (Å²) in [4.78, 5) is 24.3. The van der Waals surface area contributed by atoms with Crippen LogP contribution in [0.25, 0.3) is 0 Å². The Labute approximate surface area is 130 Å². The number of piperidine rings is 1. The van der Waals surface area contributed by atoms with Crippen molar-refractivity contribution in [1.82, 2.24) is 5.32 Å². The highest BCUT2D eigenvalue weighted by molar-refractivity contribution is 5.99. The number of rotatable bonds is 4. The molecule has 22 heavy (non-hydrogen) atoms. The first-order valence-corrected chi connectivity index (χ1v) is 8.04. The molecule has 2 aliphatic rings. The number of hydrogen-bond acceptors (Lipinski definition) is 3. The van der Waals surface area contributed by atoms with Crippen molar-refractivity contribution in [3.05, 3.63) is 24.3 Å². The summed E-state index contributed by atoms with van der Waals surface area (Å²) in [5.41, 5.74) is 0.939. The lowest BCUT2D eigenvalue weighted by Crippen LogP contribution is -2.54. The number of anilines is 2. The van der Waals surface area contributed by atoms with Gasteiger partial charge < -0.3 is 16.0 Å². The normalized spacial score (nSPS) is 24.6. The van der Waals surface area contributed by atoms with E-state index in [2.05, 4.69) is 16.0 Å². The van der Waals surface area contributed by atoms with Gasteiger partial charge in [0.25, 0.3) is 0 Å². The van der Waals surface area contributed by atoms with E-state index >= 15 is 0 Å². The van der Waals surface area contributed by atoms with Crippen LogP contribution in [0.3, 0.4) is 0 Å². The van der Waals surface area contributed by atoms with E-state index in [4.69, 9.17) is 0 Å². The van der Waals surface area contributed by atoms with Crippen LogP contribution in [0, 0.1) is 5.92 Å². The Hall–Kier alpha value is -1.88. The molecule has 3 rings (SSSR count). The van der Waals surface area contributed by atoms with Crippen molar-refractivity contribution < 1.29 is 9.59 Å². The molecule has 1 aliphatic heterocycles. The minimum atomic E-state index is -0.508. The minimum Gasteiger partial charge on any atom is -0.326 e. The fraction of sp³-hybridized carbons (Fsp3) is 0.529. The topological polar surface area (TPSA) is 70.2 Å². The van der Waals surface area contributed by atoms with Gasteiger partial charge in [0.1, 0.15) is 0 Å². The van der Waals surface area contributed by atoms with Gasteiger partial charge in [-0.2, -0.15) is 0 Å². The molecule has 118 valence electrons. The molecule has 0 bridgehead atoms. The number of nitrogens with one attached hydrogen (secondary N) is 3. The number of carbonyl (C=O) groups is 2. The van der Waals surface area contributed by atoms with E-state index < -0.39 is 5.54 Å². The summed E-state index contributed by atoms with van der Waals surface area (Å²) < 4.78 is 0. The van der Waals surface area contributed by atoms with Crippen molar-refractivity contribution in [3.8, 4) is 0 Å². The number of benzene rings is 1. The second-order valence-corrected chi connectivity index (χ2v) is 6.51. The first kappa shape index (κ1) is 15.0. The summed E-state index contributed by atoms with van der Waals surface area (Å²) in [6.07, 6.45) is 4.98. The molecule has 1 heterocycles. The molecule has 1 aromatic carbocycles. The largest absolute Gasteiger partial charge is 0.326 e. The molecular formula is C17H23N3O2. The maximum absolute atomic E-state index is 12.5. The lowest BCUT2D eigenvalue weighted by Gasteiger charge is -2.33. The third-order valence-corrected chi connectivity index (χ3v) is 4.46. The average molecular weight is 301 g/mol. The number of carbonyl (C=O) groups excluding carboxylic acids is 2. The molecule has 2 fully saturated rings. The van der Waals surface area contributed by atoms with Gasteiger partial charge in [-0.3, -0.25) is 9.59 Å². The van der Waals surface area contributed by atoms with E-state index in [1.165, 1.54) is 0 Å². The van der Waals surface area contributed by atoms with E-state index in [-0.39, 0.29) is 17.7 Å². The molecule has 1 saturated carbocycles. The van der Waals surface area contributed by atoms with Gasteiger partial charge in [-0.25, -0.2) is 0 Å². The molecule has 0 aromatic heterocycles. The van der Waals surface area contributed by atoms with E-state index in [1.54, 1.807) is 0 Å². The molecule has 3 N–H and O–H groups in total. The Kier molecular flexibility index (Phi) is 4.16. The van der Waals surface area contributed by atoms with Crippen molar-refractivity contribution in [2.45, 2.75) is 44.6 Å². The fourth-order valence-electron chi connectivity index (χ4n) is 2.78. The fourth-order valence-corrected chi connectivity index (χ4v) is 2.78. The van der Waals surface area contributed by atoms with Crippen LogP contribution in [-0.4, -0.2) is 23.9 Å². The van der Waals surface area contributed by atoms with Crippen molar-refractivity contribution in [3.63, 3.8) is 0 Å². The van der Waals surface area contributed by atoms with Gasteiger partial charge in [-0.1, -0.05) is 6.07 Å². The van der Waals surface area contributed by atoms with Crippen LogP contribution in [0.15, 0.2) is 24.3 Å². The van der Waals surface area contributed by atoms with Gasteiger partial charge in [0.15, 0.2) is 0 Å². The average Bonchev–Trinajstić information content (AvgIpc) is 3.33. The summed E-state index contributed by atoms with van der Waals surface area (Å²) >= 11 is 0. The van der Waals surface area contributed by atoms with Crippen molar-refractivity contribution in [1.29, 1.82) is 0 Å². The van der Waals surface area contributed by atoms with Crippen LogP contribution in [-0.2, 0) is 9.59 Å². The Bertz CT molecular complexity index is 575. The zero-order chi connectivity index (χ0) is 15.6. The molecule has 1 saturated heterocycles. The van der Waals surface area contributed by atoms with Crippen LogP contribution in [0.1, 0.15) is 39.0 Å². The molecule has 1 aliphatic carbocycles. The van der Waals surface area contributed by atoms with Crippen LogP contribution in [0.4, 0.5) is 11.4 Å². The highest BCUT2D eigenvalue weighted by atomic mass is 16.2. The number of amides is 2. The van der Waals surface area contributed by atoms with Gasteiger partial charge in [0, 0.05) is 17.3 Å². The molecule has 2 amide bonds. The summed E-state index contributed by atoms with van der Waals surface area (Å²) in [5, 5.41) is 9.16. The summed E-state index contributed by atoms with van der Waals surface area (Å²) in [7, 11) is 0. The molecule has 1 atom stereocenters. The van der Waals surface area contributed by atoms with Gasteiger partial charge in [-0.15, -0.1) is 0 Å². The second kappa shape index (κ2) is 6.08. The zero-order valence-corrected chi connectivity index (χ0v) is 12.9. The zero-order valence-electron chi connectivity index (χ0n) is 12.9. The second-order valence-electron chi connectivity index (χ2n) is 6.51. The first-order valence-electron chi connectivity index (χ1n) is 8.04. The first-order chi connectivity index (χ1) is 10.6. The van der Waals surface area contributed by atoms with Gasteiger partial charge >= 0.3 is 0 Å². The van der Waals surface area contributed by atoms with Crippen LogP contribution < -0.4 is 16.0 Å². The molecule has 1 unspecified atom stereocenters. The van der Waals surface area contributed by atoms with E-state index in [0.717, 1.165) is 44.3 Å². The maximum Gasteiger partial charge on any atom is 0.244 e. The quantitative estimate of drug-likeness (QED) is 0.800. The Balaban J connectivity index is 1.64. The lowest BCUT2D eigenvalue weighted by molar-refractivity contribution is -0.122. The monoisotopic (exact) mass is 301 g/mol. The third kappa shape index (κ3) is 3.47. The van der Waals surface area contributed by atoms with Crippen LogP contribution >= 0.6 is 0 Å². The number of hydrogen-bond donors (Lipinski definition) is 3. The van der Waals surface area contributed by atoms with E-state index in [9.17, 15) is 9.59 Å². The van der Waals surface area contributed by atoms with Gasteiger partial charge in [0.2, 0.25) is 11.8 Å². The van der Waals surface area contributed by atoms with Crippen LogP contribution in [0.5, 0.6) is 0 Å². The highest BCUT2D eigenvalue weighted by Gasteiger charge is 2.34. The summed E-state index contributed by atoms with van der Waals surface area (Å²) in [6, 6.07) is 7.34. The Morgan fingerprint density at radius 2 is 1.91 bits per heavy atom. The third-order valence-electron chi connectivity index (χ3n) is 4.46. The minimum absolute atomic E-state index is 0.0159. The van der Waals surface area contributed by atoms with E-state index in [0.29, 0.717) is 5.69 Å². The predicted molar refractivity (Wildman–Crippen MR) is 86.7 cm³/mol. The predicted octanol–water partition coefficient (Wildman–Crippen LogP) is 2.51. The van der Waals surface area contributed by atoms with Crippen molar-refractivity contribution in [2.75, 3.05) is 17.2 Å². The van der Waals surface area contributed by atoms with Crippen molar-refractivity contribution >= 4 is 23.2 Å². The molecule has 5 heteroatoms.